The third-order valence-corrected chi connectivity index (χ3v) is 2.54. The first kappa shape index (κ1) is 14.5. The van der Waals surface area contributed by atoms with Crippen LogP contribution in [0, 0.1) is 0 Å². The second-order valence-corrected chi connectivity index (χ2v) is 4.21. The average Bonchev–Trinajstić information content (AvgIpc) is 2.28. The number of anilines is 1. The molecule has 100 valence electrons. The van der Waals surface area contributed by atoms with Crippen molar-refractivity contribution in [3.63, 3.8) is 0 Å². The Bertz CT molecular complexity index is 441. The van der Waals surface area contributed by atoms with E-state index in [1.54, 1.807) is 0 Å². The standard InChI is InChI=1S/C12H14F3NO2/c1-11(2,18-3)10(17)16-9-7-5-4-6-8(9)12(13,14)15/h4-7H,1-3H3,(H,16,17). The molecule has 1 aromatic rings. The van der Waals surface area contributed by atoms with Crippen LogP contribution in [-0.2, 0) is 15.7 Å². The molecule has 1 aromatic carbocycles. The highest BCUT2D eigenvalue weighted by Crippen LogP contribution is 2.34. The highest BCUT2D eigenvalue weighted by atomic mass is 19.4. The number of amides is 1. The second-order valence-electron chi connectivity index (χ2n) is 4.21. The number of halogens is 3. The summed E-state index contributed by atoms with van der Waals surface area (Å²) >= 11 is 0. The van der Waals surface area contributed by atoms with Crippen LogP contribution >= 0.6 is 0 Å². The zero-order valence-electron chi connectivity index (χ0n) is 10.3. The molecule has 0 saturated carbocycles. The maximum atomic E-state index is 12.7. The average molecular weight is 261 g/mol. The van der Waals surface area contributed by atoms with E-state index in [9.17, 15) is 18.0 Å². The molecule has 0 aliphatic carbocycles. The second kappa shape index (κ2) is 4.97. The maximum Gasteiger partial charge on any atom is 0.418 e. The smallest absolute Gasteiger partial charge is 0.369 e. The lowest BCUT2D eigenvalue weighted by Crippen LogP contribution is -2.39. The summed E-state index contributed by atoms with van der Waals surface area (Å²) in [5.74, 6) is -0.637. The largest absolute Gasteiger partial charge is 0.418 e. The molecule has 0 aromatic heterocycles. The van der Waals surface area contributed by atoms with Gasteiger partial charge >= 0.3 is 6.18 Å². The van der Waals surface area contributed by atoms with Crippen molar-refractivity contribution in [1.82, 2.24) is 0 Å². The summed E-state index contributed by atoms with van der Waals surface area (Å²) in [5.41, 5.74) is -2.36. The topological polar surface area (TPSA) is 38.3 Å². The molecule has 3 nitrogen and oxygen atoms in total. The fourth-order valence-electron chi connectivity index (χ4n) is 1.20. The Morgan fingerprint density at radius 1 is 1.22 bits per heavy atom. The molecule has 0 heterocycles. The summed E-state index contributed by atoms with van der Waals surface area (Å²) in [6.45, 7) is 2.94. The molecule has 1 N–H and O–H groups in total. The van der Waals surface area contributed by atoms with E-state index in [0.717, 1.165) is 6.07 Å². The van der Waals surface area contributed by atoms with E-state index in [1.165, 1.54) is 39.2 Å². The number of carbonyl (C=O) groups is 1. The first-order valence-electron chi connectivity index (χ1n) is 5.21. The highest BCUT2D eigenvalue weighted by Gasteiger charge is 2.35. The van der Waals surface area contributed by atoms with Gasteiger partial charge in [-0.1, -0.05) is 12.1 Å². The molecule has 0 fully saturated rings. The number of para-hydroxylation sites is 1. The number of hydrogen-bond donors (Lipinski definition) is 1. The molecule has 0 aliphatic rings. The van der Waals surface area contributed by atoms with Gasteiger partial charge in [0.15, 0.2) is 0 Å². The molecule has 0 saturated heterocycles. The van der Waals surface area contributed by atoms with Crippen molar-refractivity contribution >= 4 is 11.6 Å². The van der Waals surface area contributed by atoms with Gasteiger partial charge in [-0.05, 0) is 26.0 Å². The van der Waals surface area contributed by atoms with Crippen molar-refractivity contribution in [2.24, 2.45) is 0 Å². The summed E-state index contributed by atoms with van der Waals surface area (Å²) in [6.07, 6.45) is -4.51. The Morgan fingerprint density at radius 2 is 1.78 bits per heavy atom. The number of hydrogen-bond acceptors (Lipinski definition) is 2. The van der Waals surface area contributed by atoms with Crippen LogP contribution in [0.5, 0.6) is 0 Å². The molecule has 1 amide bonds. The minimum absolute atomic E-state index is 0.278. The van der Waals surface area contributed by atoms with E-state index in [1.807, 2.05) is 0 Å². The van der Waals surface area contributed by atoms with Crippen LogP contribution in [0.15, 0.2) is 24.3 Å². The van der Waals surface area contributed by atoms with Gasteiger partial charge in [0.25, 0.3) is 5.91 Å². The molecule has 0 radical (unpaired) electrons. The highest BCUT2D eigenvalue weighted by molar-refractivity contribution is 5.97. The Kier molecular flexibility index (Phi) is 4.01. The van der Waals surface area contributed by atoms with Crippen LogP contribution in [0.4, 0.5) is 18.9 Å². The van der Waals surface area contributed by atoms with Gasteiger partial charge in [-0.2, -0.15) is 13.2 Å². The van der Waals surface area contributed by atoms with Gasteiger partial charge in [0.1, 0.15) is 5.60 Å². The van der Waals surface area contributed by atoms with Crippen LogP contribution in [0.25, 0.3) is 0 Å². The predicted molar refractivity (Wildman–Crippen MR) is 61.2 cm³/mol. The lowest BCUT2D eigenvalue weighted by atomic mass is 10.1. The monoisotopic (exact) mass is 261 g/mol. The number of carbonyl (C=O) groups excluding carboxylic acids is 1. The van der Waals surface area contributed by atoms with Crippen molar-refractivity contribution < 1.29 is 22.7 Å². The lowest BCUT2D eigenvalue weighted by Gasteiger charge is -2.23. The van der Waals surface area contributed by atoms with Gasteiger partial charge in [0, 0.05) is 7.11 Å². The van der Waals surface area contributed by atoms with E-state index in [-0.39, 0.29) is 5.69 Å². The van der Waals surface area contributed by atoms with Gasteiger partial charge in [0.05, 0.1) is 11.3 Å². The third-order valence-electron chi connectivity index (χ3n) is 2.54. The van der Waals surface area contributed by atoms with Gasteiger partial charge in [0.2, 0.25) is 0 Å². The number of nitrogens with one attached hydrogen (secondary N) is 1. The van der Waals surface area contributed by atoms with Gasteiger partial charge in [-0.15, -0.1) is 0 Å². The fourth-order valence-corrected chi connectivity index (χ4v) is 1.20. The summed E-state index contributed by atoms with van der Waals surface area (Å²) in [5, 5.41) is 2.22. The van der Waals surface area contributed by atoms with E-state index in [2.05, 4.69) is 5.32 Å². The Hall–Kier alpha value is -1.56. The minimum Gasteiger partial charge on any atom is -0.369 e. The zero-order valence-corrected chi connectivity index (χ0v) is 10.3. The molecule has 0 bridgehead atoms. The number of benzene rings is 1. The Balaban J connectivity index is 3.03. The van der Waals surface area contributed by atoms with Crippen molar-refractivity contribution in [1.29, 1.82) is 0 Å². The van der Waals surface area contributed by atoms with Gasteiger partial charge in [-0.3, -0.25) is 4.79 Å². The van der Waals surface area contributed by atoms with Gasteiger partial charge < -0.3 is 10.1 Å². The number of methoxy groups -OCH3 is 1. The summed E-state index contributed by atoms with van der Waals surface area (Å²) < 4.78 is 43.0. The minimum atomic E-state index is -4.51. The van der Waals surface area contributed by atoms with Crippen LogP contribution in [0.1, 0.15) is 19.4 Å². The van der Waals surface area contributed by atoms with E-state index in [4.69, 9.17) is 4.74 Å². The fraction of sp³-hybridized carbons (Fsp3) is 0.417. The Labute approximate surface area is 103 Å². The van der Waals surface area contributed by atoms with Crippen LogP contribution < -0.4 is 5.32 Å². The first-order valence-corrected chi connectivity index (χ1v) is 5.21. The SMILES string of the molecule is COC(C)(C)C(=O)Nc1ccccc1C(F)(F)F. The van der Waals surface area contributed by atoms with Crippen molar-refractivity contribution in [2.45, 2.75) is 25.6 Å². The first-order chi connectivity index (χ1) is 8.18. The zero-order chi connectivity index (χ0) is 14.0. The molecular formula is C12H14F3NO2. The molecule has 0 unspecified atom stereocenters. The number of alkyl halides is 3. The quantitative estimate of drug-likeness (QED) is 0.908. The Morgan fingerprint density at radius 3 is 2.28 bits per heavy atom. The molecule has 0 atom stereocenters. The van der Waals surface area contributed by atoms with Crippen molar-refractivity contribution in [3.8, 4) is 0 Å². The normalized spacial score (nSPS) is 12.3. The van der Waals surface area contributed by atoms with Crippen molar-refractivity contribution in [3.05, 3.63) is 29.8 Å². The van der Waals surface area contributed by atoms with E-state index < -0.39 is 23.2 Å². The van der Waals surface area contributed by atoms with Crippen LogP contribution in [0.3, 0.4) is 0 Å². The summed E-state index contributed by atoms with van der Waals surface area (Å²) in [6, 6.07) is 4.80. The molecule has 0 spiro atoms. The third kappa shape index (κ3) is 3.22. The lowest BCUT2D eigenvalue weighted by molar-refractivity contribution is -0.137. The molecule has 18 heavy (non-hydrogen) atoms. The predicted octanol–water partition coefficient (Wildman–Crippen LogP) is 3.07. The van der Waals surface area contributed by atoms with Crippen LogP contribution in [0.2, 0.25) is 0 Å². The summed E-state index contributed by atoms with van der Waals surface area (Å²) in [4.78, 5) is 11.7. The van der Waals surface area contributed by atoms with E-state index in [0.29, 0.717) is 0 Å². The maximum absolute atomic E-state index is 12.7. The molecule has 6 heteroatoms. The molecule has 1 rings (SSSR count). The molecule has 0 aliphatic heterocycles. The van der Waals surface area contributed by atoms with Crippen LogP contribution in [-0.4, -0.2) is 18.6 Å². The number of rotatable bonds is 3. The summed E-state index contributed by atoms with van der Waals surface area (Å²) in [7, 11) is 1.31. The number of ether oxygens (including phenoxy) is 1. The van der Waals surface area contributed by atoms with E-state index >= 15 is 0 Å². The van der Waals surface area contributed by atoms with Crippen molar-refractivity contribution in [2.75, 3.05) is 12.4 Å². The van der Waals surface area contributed by atoms with Gasteiger partial charge in [-0.25, -0.2) is 0 Å². The molecular weight excluding hydrogens is 247 g/mol.